The Balaban J connectivity index is 1.36. The molecule has 0 bridgehead atoms. The third-order valence-electron chi connectivity index (χ3n) is 5.07. The fraction of sp³-hybridized carbons (Fsp3) is 0.474. The maximum atomic E-state index is 12.4. The number of likely N-dealkylation sites (tertiary alicyclic amines) is 1. The topological polar surface area (TPSA) is 64.8 Å². The van der Waals surface area contributed by atoms with Crippen molar-refractivity contribution < 1.29 is 18.7 Å². The second-order valence-corrected chi connectivity index (χ2v) is 6.70. The SMILES string of the molecule is O=C(c1ccco1)N1CCC2(CC1)CC(Oc1ccccn1)CCO2. The van der Waals surface area contributed by atoms with E-state index in [2.05, 4.69) is 4.98 Å². The average Bonchev–Trinajstić information content (AvgIpc) is 3.18. The lowest BCUT2D eigenvalue weighted by Gasteiger charge is -2.45. The van der Waals surface area contributed by atoms with Crippen LogP contribution in [-0.4, -0.2) is 47.2 Å². The van der Waals surface area contributed by atoms with Crippen LogP contribution in [0.2, 0.25) is 0 Å². The summed E-state index contributed by atoms with van der Waals surface area (Å²) in [6, 6.07) is 9.13. The number of furan rings is 1. The normalized spacial score (nSPS) is 22.7. The number of rotatable bonds is 3. The van der Waals surface area contributed by atoms with Crippen LogP contribution >= 0.6 is 0 Å². The molecule has 1 unspecified atom stereocenters. The average molecular weight is 342 g/mol. The minimum Gasteiger partial charge on any atom is -0.474 e. The van der Waals surface area contributed by atoms with E-state index in [1.165, 1.54) is 6.26 Å². The zero-order chi connectivity index (χ0) is 17.1. The Labute approximate surface area is 146 Å². The minimum atomic E-state index is -0.197. The van der Waals surface area contributed by atoms with Gasteiger partial charge in [-0.15, -0.1) is 0 Å². The van der Waals surface area contributed by atoms with Gasteiger partial charge in [0.2, 0.25) is 5.88 Å². The lowest BCUT2D eigenvalue weighted by Crippen LogP contribution is -2.52. The third kappa shape index (κ3) is 3.54. The number of carbonyl (C=O) groups is 1. The summed E-state index contributed by atoms with van der Waals surface area (Å²) in [7, 11) is 0. The molecule has 1 atom stereocenters. The molecule has 2 aromatic rings. The first-order chi connectivity index (χ1) is 12.2. The molecule has 2 saturated heterocycles. The van der Waals surface area contributed by atoms with Crippen molar-refractivity contribution in [3.05, 3.63) is 48.6 Å². The van der Waals surface area contributed by atoms with Gasteiger partial charge >= 0.3 is 0 Å². The molecule has 0 aromatic carbocycles. The van der Waals surface area contributed by atoms with Gasteiger partial charge in [0, 0.05) is 38.2 Å². The maximum absolute atomic E-state index is 12.4. The first kappa shape index (κ1) is 16.1. The highest BCUT2D eigenvalue weighted by Gasteiger charge is 2.42. The molecule has 25 heavy (non-hydrogen) atoms. The minimum absolute atomic E-state index is 0.0445. The van der Waals surface area contributed by atoms with Crippen molar-refractivity contribution in [3.8, 4) is 5.88 Å². The van der Waals surface area contributed by atoms with E-state index in [9.17, 15) is 4.79 Å². The number of amides is 1. The Bertz CT molecular complexity index is 693. The summed E-state index contributed by atoms with van der Waals surface area (Å²) in [5, 5.41) is 0. The predicted octanol–water partition coefficient (Wildman–Crippen LogP) is 2.91. The summed E-state index contributed by atoms with van der Waals surface area (Å²) < 4.78 is 17.4. The third-order valence-corrected chi connectivity index (χ3v) is 5.07. The molecule has 2 aliphatic rings. The van der Waals surface area contributed by atoms with Crippen LogP contribution in [0.15, 0.2) is 47.2 Å². The molecule has 0 radical (unpaired) electrons. The molecular formula is C19H22N2O4. The van der Waals surface area contributed by atoms with E-state index in [1.54, 1.807) is 18.3 Å². The number of aromatic nitrogens is 1. The fourth-order valence-electron chi connectivity index (χ4n) is 3.69. The molecule has 2 fully saturated rings. The molecule has 0 N–H and O–H groups in total. The van der Waals surface area contributed by atoms with Gasteiger partial charge in [-0.2, -0.15) is 0 Å². The summed E-state index contributed by atoms with van der Waals surface area (Å²) >= 11 is 0. The van der Waals surface area contributed by atoms with E-state index in [4.69, 9.17) is 13.9 Å². The van der Waals surface area contributed by atoms with Crippen LogP contribution in [0.5, 0.6) is 5.88 Å². The number of carbonyl (C=O) groups excluding carboxylic acids is 1. The highest BCUT2D eigenvalue weighted by atomic mass is 16.5. The van der Waals surface area contributed by atoms with E-state index in [-0.39, 0.29) is 17.6 Å². The first-order valence-electron chi connectivity index (χ1n) is 8.79. The highest BCUT2D eigenvalue weighted by molar-refractivity contribution is 5.91. The van der Waals surface area contributed by atoms with Gasteiger partial charge in [-0.25, -0.2) is 4.98 Å². The largest absolute Gasteiger partial charge is 0.474 e. The van der Waals surface area contributed by atoms with Gasteiger partial charge in [0.15, 0.2) is 5.76 Å². The molecule has 4 rings (SSSR count). The quantitative estimate of drug-likeness (QED) is 0.858. The Morgan fingerprint density at radius 1 is 1.24 bits per heavy atom. The molecule has 1 amide bonds. The zero-order valence-corrected chi connectivity index (χ0v) is 14.1. The molecule has 2 aromatic heterocycles. The zero-order valence-electron chi connectivity index (χ0n) is 14.1. The van der Waals surface area contributed by atoms with Crippen LogP contribution in [0.4, 0.5) is 0 Å². The van der Waals surface area contributed by atoms with Crippen LogP contribution < -0.4 is 4.74 Å². The Morgan fingerprint density at radius 3 is 2.84 bits per heavy atom. The summed E-state index contributed by atoms with van der Waals surface area (Å²) in [4.78, 5) is 18.5. The number of piperidine rings is 1. The second kappa shape index (κ2) is 6.88. The number of nitrogens with zero attached hydrogens (tertiary/aromatic N) is 2. The standard InChI is InChI=1S/C19H22N2O4/c22-18(16-4-3-12-23-16)21-10-7-19(8-11-21)14-15(6-13-24-19)25-17-5-1-2-9-20-17/h1-5,9,12,15H,6-8,10-11,13-14H2. The van der Waals surface area contributed by atoms with Crippen molar-refractivity contribution in [2.45, 2.75) is 37.4 Å². The fourth-order valence-corrected chi connectivity index (χ4v) is 3.69. The van der Waals surface area contributed by atoms with Crippen molar-refractivity contribution in [3.63, 3.8) is 0 Å². The summed E-state index contributed by atoms with van der Waals surface area (Å²) in [5.74, 6) is 1.02. The van der Waals surface area contributed by atoms with E-state index < -0.39 is 0 Å². The van der Waals surface area contributed by atoms with Crippen LogP contribution in [0.25, 0.3) is 0 Å². The number of hydrogen-bond acceptors (Lipinski definition) is 5. The second-order valence-electron chi connectivity index (χ2n) is 6.70. The van der Waals surface area contributed by atoms with Crippen LogP contribution in [0.3, 0.4) is 0 Å². The lowest BCUT2D eigenvalue weighted by atomic mass is 9.83. The number of hydrogen-bond donors (Lipinski definition) is 0. The van der Waals surface area contributed by atoms with Crippen LogP contribution in [-0.2, 0) is 4.74 Å². The lowest BCUT2D eigenvalue weighted by molar-refractivity contribution is -0.135. The molecule has 4 heterocycles. The molecule has 1 spiro atoms. The number of ether oxygens (including phenoxy) is 2. The molecule has 6 nitrogen and oxygen atoms in total. The van der Waals surface area contributed by atoms with Crippen molar-refractivity contribution >= 4 is 5.91 Å². The smallest absolute Gasteiger partial charge is 0.289 e. The maximum Gasteiger partial charge on any atom is 0.289 e. The monoisotopic (exact) mass is 342 g/mol. The van der Waals surface area contributed by atoms with Gasteiger partial charge in [0.1, 0.15) is 6.10 Å². The molecular weight excluding hydrogens is 320 g/mol. The highest BCUT2D eigenvalue weighted by Crippen LogP contribution is 2.36. The predicted molar refractivity (Wildman–Crippen MR) is 90.4 cm³/mol. The van der Waals surface area contributed by atoms with E-state index in [1.807, 2.05) is 23.1 Å². The number of pyridine rings is 1. The van der Waals surface area contributed by atoms with Gasteiger partial charge in [-0.05, 0) is 31.0 Å². The summed E-state index contributed by atoms with van der Waals surface area (Å²) in [5.41, 5.74) is -0.197. The first-order valence-corrected chi connectivity index (χ1v) is 8.79. The molecule has 132 valence electrons. The Kier molecular flexibility index (Phi) is 4.44. The van der Waals surface area contributed by atoms with Gasteiger partial charge in [0.05, 0.1) is 18.5 Å². The van der Waals surface area contributed by atoms with Crippen LogP contribution in [0.1, 0.15) is 36.2 Å². The van der Waals surface area contributed by atoms with Gasteiger partial charge < -0.3 is 18.8 Å². The molecule has 0 saturated carbocycles. The van der Waals surface area contributed by atoms with Gasteiger partial charge in [-0.3, -0.25) is 4.79 Å². The van der Waals surface area contributed by atoms with Crippen molar-refractivity contribution in [2.75, 3.05) is 19.7 Å². The Hall–Kier alpha value is -2.34. The molecule has 6 heteroatoms. The van der Waals surface area contributed by atoms with Gasteiger partial charge in [-0.1, -0.05) is 6.07 Å². The van der Waals surface area contributed by atoms with E-state index in [0.717, 1.165) is 25.7 Å². The van der Waals surface area contributed by atoms with Crippen molar-refractivity contribution in [1.29, 1.82) is 0 Å². The van der Waals surface area contributed by atoms with E-state index in [0.29, 0.717) is 31.3 Å². The van der Waals surface area contributed by atoms with Gasteiger partial charge in [0.25, 0.3) is 5.91 Å². The molecule has 2 aliphatic heterocycles. The van der Waals surface area contributed by atoms with Crippen LogP contribution in [0, 0.1) is 0 Å². The van der Waals surface area contributed by atoms with Crippen molar-refractivity contribution in [1.82, 2.24) is 9.88 Å². The Morgan fingerprint density at radius 2 is 2.12 bits per heavy atom. The van der Waals surface area contributed by atoms with Crippen molar-refractivity contribution in [2.24, 2.45) is 0 Å². The summed E-state index contributed by atoms with van der Waals surface area (Å²) in [6.45, 7) is 2.04. The summed E-state index contributed by atoms with van der Waals surface area (Å²) in [6.07, 6.45) is 6.73. The molecule has 0 aliphatic carbocycles. The van der Waals surface area contributed by atoms with E-state index >= 15 is 0 Å².